The molecule has 0 unspecified atom stereocenters. The van der Waals surface area contributed by atoms with E-state index in [2.05, 4.69) is 15.6 Å². The van der Waals surface area contributed by atoms with Crippen LogP contribution in [0, 0.1) is 12.7 Å². The molecule has 8 heteroatoms. The van der Waals surface area contributed by atoms with E-state index in [4.69, 9.17) is 11.6 Å². The average Bonchev–Trinajstić information content (AvgIpc) is 3.08. The molecule has 29 heavy (non-hydrogen) atoms. The van der Waals surface area contributed by atoms with E-state index in [1.54, 1.807) is 6.20 Å². The second-order valence-electron chi connectivity index (χ2n) is 6.48. The summed E-state index contributed by atoms with van der Waals surface area (Å²) in [7, 11) is 0. The monoisotopic (exact) mass is 414 g/mol. The molecule has 0 aliphatic carbocycles. The highest BCUT2D eigenvalue weighted by Gasteiger charge is 2.11. The maximum Gasteiger partial charge on any atom is 0.252 e. The third kappa shape index (κ3) is 5.65. The van der Waals surface area contributed by atoms with E-state index in [0.717, 1.165) is 23.5 Å². The van der Waals surface area contributed by atoms with Gasteiger partial charge in [-0.2, -0.15) is 0 Å². The third-order valence-electron chi connectivity index (χ3n) is 4.33. The molecule has 0 saturated heterocycles. The molecular weight excluding hydrogens is 395 g/mol. The second kappa shape index (κ2) is 9.34. The molecule has 1 heterocycles. The van der Waals surface area contributed by atoms with Crippen molar-refractivity contribution in [3.8, 4) is 0 Å². The SMILES string of the molecule is Cc1nccn1Cc1ccc(NC(=O)CCNC(=O)c2ccc(F)cc2Cl)cc1. The predicted molar refractivity (Wildman–Crippen MR) is 109 cm³/mol. The first-order valence-corrected chi connectivity index (χ1v) is 9.40. The van der Waals surface area contributed by atoms with Crippen LogP contribution in [0.2, 0.25) is 5.02 Å². The fraction of sp³-hybridized carbons (Fsp3) is 0.190. The molecule has 3 aromatic rings. The Hall–Kier alpha value is -3.19. The van der Waals surface area contributed by atoms with Crippen LogP contribution in [0.4, 0.5) is 10.1 Å². The minimum absolute atomic E-state index is 0.0259. The number of benzene rings is 2. The summed E-state index contributed by atoms with van der Waals surface area (Å²) in [5.74, 6) is -0.265. The highest BCUT2D eigenvalue weighted by molar-refractivity contribution is 6.33. The minimum Gasteiger partial charge on any atom is -0.351 e. The largest absolute Gasteiger partial charge is 0.351 e. The maximum atomic E-state index is 13.0. The lowest BCUT2D eigenvalue weighted by Gasteiger charge is -2.09. The Labute approximate surface area is 172 Å². The topological polar surface area (TPSA) is 76.0 Å². The Balaban J connectivity index is 1.45. The van der Waals surface area contributed by atoms with Crippen molar-refractivity contribution in [3.05, 3.63) is 82.6 Å². The molecule has 3 rings (SSSR count). The van der Waals surface area contributed by atoms with Crippen LogP contribution in [0.15, 0.2) is 54.9 Å². The standard InChI is InChI=1S/C21H20ClFN4O2/c1-14-24-10-11-27(14)13-15-2-5-17(6-3-15)26-20(28)8-9-25-21(29)18-7-4-16(23)12-19(18)22/h2-7,10-12H,8-9,13H2,1H3,(H,25,29)(H,26,28). The summed E-state index contributed by atoms with van der Waals surface area (Å²) in [4.78, 5) is 28.3. The molecule has 0 fully saturated rings. The van der Waals surface area contributed by atoms with Gasteiger partial charge in [0, 0.05) is 37.6 Å². The first kappa shape index (κ1) is 20.5. The molecule has 2 aromatic carbocycles. The summed E-state index contributed by atoms with van der Waals surface area (Å²) in [6.45, 7) is 2.78. The summed E-state index contributed by atoms with van der Waals surface area (Å²) < 4.78 is 15.1. The number of rotatable bonds is 7. The van der Waals surface area contributed by atoms with Gasteiger partial charge in [-0.25, -0.2) is 9.37 Å². The number of amides is 2. The molecule has 0 radical (unpaired) electrons. The van der Waals surface area contributed by atoms with Crippen LogP contribution in [0.5, 0.6) is 0 Å². The van der Waals surface area contributed by atoms with Crippen LogP contribution in [0.25, 0.3) is 0 Å². The van der Waals surface area contributed by atoms with Crippen LogP contribution < -0.4 is 10.6 Å². The van der Waals surface area contributed by atoms with E-state index in [0.29, 0.717) is 12.2 Å². The number of anilines is 1. The molecule has 150 valence electrons. The molecule has 0 bridgehead atoms. The fourth-order valence-electron chi connectivity index (χ4n) is 2.74. The normalized spacial score (nSPS) is 10.6. The minimum atomic E-state index is -0.517. The van der Waals surface area contributed by atoms with Gasteiger partial charge in [-0.1, -0.05) is 23.7 Å². The molecule has 0 spiro atoms. The first-order chi connectivity index (χ1) is 13.9. The number of aryl methyl sites for hydroxylation is 1. The number of nitrogens with one attached hydrogen (secondary N) is 2. The maximum absolute atomic E-state index is 13.0. The fourth-order valence-corrected chi connectivity index (χ4v) is 3.00. The number of aromatic nitrogens is 2. The second-order valence-corrected chi connectivity index (χ2v) is 6.88. The highest BCUT2D eigenvalue weighted by Crippen LogP contribution is 2.17. The van der Waals surface area contributed by atoms with Crippen LogP contribution in [0.1, 0.15) is 28.2 Å². The van der Waals surface area contributed by atoms with Crippen molar-refractivity contribution in [3.63, 3.8) is 0 Å². The summed E-state index contributed by atoms with van der Waals surface area (Å²) in [5, 5.41) is 5.41. The van der Waals surface area contributed by atoms with Crippen LogP contribution >= 0.6 is 11.6 Å². The molecule has 0 saturated carbocycles. The van der Waals surface area contributed by atoms with Crippen LogP contribution in [0.3, 0.4) is 0 Å². The van der Waals surface area contributed by atoms with Gasteiger partial charge in [0.2, 0.25) is 5.91 Å². The number of carbonyl (C=O) groups excluding carboxylic acids is 2. The molecule has 2 N–H and O–H groups in total. The Morgan fingerprint density at radius 3 is 2.59 bits per heavy atom. The van der Waals surface area contributed by atoms with Crippen molar-refractivity contribution in [1.29, 1.82) is 0 Å². The van der Waals surface area contributed by atoms with Gasteiger partial charge in [0.1, 0.15) is 11.6 Å². The van der Waals surface area contributed by atoms with Crippen molar-refractivity contribution < 1.29 is 14.0 Å². The quantitative estimate of drug-likeness (QED) is 0.617. The number of halogens is 2. The van der Waals surface area contributed by atoms with E-state index in [9.17, 15) is 14.0 Å². The van der Waals surface area contributed by atoms with Crippen molar-refractivity contribution in [2.45, 2.75) is 19.9 Å². The summed E-state index contributed by atoms with van der Waals surface area (Å²) in [6.07, 6.45) is 3.77. The van der Waals surface area contributed by atoms with E-state index >= 15 is 0 Å². The summed E-state index contributed by atoms with van der Waals surface area (Å²) in [5.41, 5.74) is 1.93. The average molecular weight is 415 g/mol. The van der Waals surface area contributed by atoms with E-state index in [-0.39, 0.29) is 29.5 Å². The molecule has 0 aliphatic heterocycles. The number of hydrogen-bond donors (Lipinski definition) is 2. The molecular formula is C21H20ClFN4O2. The molecule has 2 amide bonds. The smallest absolute Gasteiger partial charge is 0.252 e. The van der Waals surface area contributed by atoms with Crippen molar-refractivity contribution >= 4 is 29.1 Å². The summed E-state index contributed by atoms with van der Waals surface area (Å²) in [6, 6.07) is 11.1. The number of nitrogens with zero attached hydrogens (tertiary/aromatic N) is 2. The van der Waals surface area contributed by atoms with E-state index in [1.165, 1.54) is 6.07 Å². The van der Waals surface area contributed by atoms with Crippen molar-refractivity contribution in [1.82, 2.24) is 14.9 Å². The lowest BCUT2D eigenvalue weighted by Crippen LogP contribution is -2.27. The zero-order valence-corrected chi connectivity index (χ0v) is 16.5. The summed E-state index contributed by atoms with van der Waals surface area (Å²) >= 11 is 5.85. The lowest BCUT2D eigenvalue weighted by atomic mass is 10.2. The number of hydrogen-bond acceptors (Lipinski definition) is 3. The van der Waals surface area contributed by atoms with Gasteiger partial charge in [-0.15, -0.1) is 0 Å². The predicted octanol–water partition coefficient (Wildman–Crippen LogP) is 3.79. The van der Waals surface area contributed by atoms with Gasteiger partial charge < -0.3 is 15.2 Å². The molecule has 0 atom stereocenters. The van der Waals surface area contributed by atoms with Gasteiger partial charge in [-0.05, 0) is 42.8 Å². The molecule has 6 nitrogen and oxygen atoms in total. The lowest BCUT2D eigenvalue weighted by molar-refractivity contribution is -0.116. The Bertz CT molecular complexity index is 1020. The van der Waals surface area contributed by atoms with E-state index < -0.39 is 11.7 Å². The third-order valence-corrected chi connectivity index (χ3v) is 4.64. The highest BCUT2D eigenvalue weighted by atomic mass is 35.5. The molecule has 0 aliphatic rings. The first-order valence-electron chi connectivity index (χ1n) is 9.02. The molecule has 1 aromatic heterocycles. The van der Waals surface area contributed by atoms with Gasteiger partial charge >= 0.3 is 0 Å². The zero-order chi connectivity index (χ0) is 20.8. The number of carbonyl (C=O) groups is 2. The van der Waals surface area contributed by atoms with Gasteiger partial charge in [0.05, 0.1) is 10.6 Å². The van der Waals surface area contributed by atoms with Gasteiger partial charge in [0.25, 0.3) is 5.91 Å². The number of imidazole rings is 1. The Morgan fingerprint density at radius 1 is 1.17 bits per heavy atom. The van der Waals surface area contributed by atoms with Gasteiger partial charge in [0.15, 0.2) is 0 Å². The Morgan fingerprint density at radius 2 is 1.93 bits per heavy atom. The van der Waals surface area contributed by atoms with Crippen molar-refractivity contribution in [2.24, 2.45) is 0 Å². The van der Waals surface area contributed by atoms with Crippen LogP contribution in [-0.2, 0) is 11.3 Å². The zero-order valence-electron chi connectivity index (χ0n) is 15.8. The Kier molecular flexibility index (Phi) is 6.61. The van der Waals surface area contributed by atoms with Crippen molar-refractivity contribution in [2.75, 3.05) is 11.9 Å². The van der Waals surface area contributed by atoms with Crippen LogP contribution in [-0.4, -0.2) is 27.9 Å². The van der Waals surface area contributed by atoms with E-state index in [1.807, 2.05) is 42.0 Å². The van der Waals surface area contributed by atoms with Gasteiger partial charge in [-0.3, -0.25) is 9.59 Å².